The Morgan fingerprint density at radius 1 is 1.57 bits per heavy atom. The number of rotatable bonds is 4. The van der Waals surface area contributed by atoms with Crippen LogP contribution in [0.2, 0.25) is 0 Å². The molecule has 82 valence electrons. The van der Waals surface area contributed by atoms with Gasteiger partial charge in [-0.15, -0.1) is 0 Å². The molecule has 4 heteroatoms. The van der Waals surface area contributed by atoms with Gasteiger partial charge in [-0.3, -0.25) is 4.79 Å². The maximum atomic E-state index is 11.3. The molecule has 1 aliphatic rings. The van der Waals surface area contributed by atoms with Crippen LogP contribution in [0.15, 0.2) is 0 Å². The Kier molecular flexibility index (Phi) is 3.89. The second-order valence-corrected chi connectivity index (χ2v) is 4.16. The van der Waals surface area contributed by atoms with Gasteiger partial charge in [0.25, 0.3) is 0 Å². The smallest absolute Gasteiger partial charge is 0.237 e. The van der Waals surface area contributed by atoms with Gasteiger partial charge in [-0.25, -0.2) is 0 Å². The number of carbonyl (C=O) groups is 1. The molecule has 14 heavy (non-hydrogen) atoms. The minimum Gasteiger partial charge on any atom is -0.388 e. The number of hydrogen-bond donors (Lipinski definition) is 3. The lowest BCUT2D eigenvalue weighted by Gasteiger charge is -2.23. The number of nitrogens with one attached hydrogen (secondary N) is 1. The second-order valence-electron chi connectivity index (χ2n) is 4.16. The molecule has 4 nitrogen and oxygen atoms in total. The van der Waals surface area contributed by atoms with E-state index in [9.17, 15) is 9.90 Å². The first-order valence-electron chi connectivity index (χ1n) is 5.33. The van der Waals surface area contributed by atoms with Crippen molar-refractivity contribution in [3.05, 3.63) is 0 Å². The highest BCUT2D eigenvalue weighted by Gasteiger charge is 2.31. The molecule has 1 unspecified atom stereocenters. The lowest BCUT2D eigenvalue weighted by atomic mass is 10.0. The van der Waals surface area contributed by atoms with Gasteiger partial charge in [0, 0.05) is 6.54 Å². The molecular weight excluding hydrogens is 180 g/mol. The molecule has 0 bridgehead atoms. The Morgan fingerprint density at radius 3 is 2.64 bits per heavy atom. The summed E-state index contributed by atoms with van der Waals surface area (Å²) in [5, 5.41) is 12.6. The molecule has 0 aromatic carbocycles. The van der Waals surface area contributed by atoms with Crippen molar-refractivity contribution in [3.63, 3.8) is 0 Å². The summed E-state index contributed by atoms with van der Waals surface area (Å²) in [5.74, 6) is -0.159. The van der Waals surface area contributed by atoms with Gasteiger partial charge in [-0.2, -0.15) is 0 Å². The average Bonchev–Trinajstić information content (AvgIpc) is 2.61. The largest absolute Gasteiger partial charge is 0.388 e. The summed E-state index contributed by atoms with van der Waals surface area (Å²) in [6, 6.07) is -0.444. The van der Waals surface area contributed by atoms with E-state index >= 15 is 0 Å². The Morgan fingerprint density at radius 2 is 2.14 bits per heavy atom. The van der Waals surface area contributed by atoms with Gasteiger partial charge < -0.3 is 16.2 Å². The molecule has 0 aliphatic heterocycles. The molecule has 1 atom stereocenters. The van der Waals surface area contributed by atoms with Crippen molar-refractivity contribution in [3.8, 4) is 0 Å². The van der Waals surface area contributed by atoms with Crippen molar-refractivity contribution in [2.75, 3.05) is 6.54 Å². The van der Waals surface area contributed by atoms with E-state index in [1.807, 2.05) is 6.92 Å². The summed E-state index contributed by atoms with van der Waals surface area (Å²) in [5.41, 5.74) is 4.87. The first-order chi connectivity index (χ1) is 6.57. The van der Waals surface area contributed by atoms with Crippen LogP contribution in [0.5, 0.6) is 0 Å². The molecule has 1 amide bonds. The highest BCUT2D eigenvalue weighted by molar-refractivity contribution is 5.81. The van der Waals surface area contributed by atoms with Gasteiger partial charge in [0.15, 0.2) is 0 Å². The van der Waals surface area contributed by atoms with Crippen molar-refractivity contribution >= 4 is 5.91 Å². The van der Waals surface area contributed by atoms with Crippen molar-refractivity contribution < 1.29 is 9.90 Å². The summed E-state index contributed by atoms with van der Waals surface area (Å²) < 4.78 is 0. The van der Waals surface area contributed by atoms with E-state index in [-0.39, 0.29) is 5.91 Å². The van der Waals surface area contributed by atoms with Crippen LogP contribution in [-0.2, 0) is 4.79 Å². The second kappa shape index (κ2) is 4.75. The van der Waals surface area contributed by atoms with Crippen molar-refractivity contribution in [1.82, 2.24) is 5.32 Å². The number of carbonyl (C=O) groups excluding carboxylic acids is 1. The third-order valence-corrected chi connectivity index (χ3v) is 2.90. The molecule has 4 N–H and O–H groups in total. The van der Waals surface area contributed by atoms with E-state index in [0.717, 1.165) is 25.7 Å². The zero-order chi connectivity index (χ0) is 10.6. The number of aliphatic hydroxyl groups is 1. The Hall–Kier alpha value is -0.610. The molecule has 1 aliphatic carbocycles. The van der Waals surface area contributed by atoms with E-state index in [4.69, 9.17) is 5.73 Å². The summed E-state index contributed by atoms with van der Waals surface area (Å²) in [4.78, 5) is 11.3. The van der Waals surface area contributed by atoms with E-state index < -0.39 is 11.6 Å². The minimum atomic E-state index is -0.677. The maximum absolute atomic E-state index is 11.3. The molecule has 0 saturated heterocycles. The van der Waals surface area contributed by atoms with Crippen LogP contribution in [0, 0.1) is 0 Å². The quantitative estimate of drug-likeness (QED) is 0.604. The van der Waals surface area contributed by atoms with E-state index in [1.54, 1.807) is 0 Å². The zero-order valence-corrected chi connectivity index (χ0v) is 8.75. The van der Waals surface area contributed by atoms with Gasteiger partial charge in [-0.05, 0) is 19.3 Å². The van der Waals surface area contributed by atoms with Crippen LogP contribution in [0.25, 0.3) is 0 Å². The zero-order valence-electron chi connectivity index (χ0n) is 8.75. The fourth-order valence-corrected chi connectivity index (χ4v) is 1.78. The SMILES string of the molecule is CCC(N)C(=O)NCC1(O)CCCC1. The van der Waals surface area contributed by atoms with Crippen molar-refractivity contribution in [2.24, 2.45) is 5.73 Å². The van der Waals surface area contributed by atoms with Gasteiger partial charge in [-0.1, -0.05) is 19.8 Å². The fraction of sp³-hybridized carbons (Fsp3) is 0.900. The van der Waals surface area contributed by atoms with Gasteiger partial charge in [0.2, 0.25) is 5.91 Å². The minimum absolute atomic E-state index is 0.159. The van der Waals surface area contributed by atoms with Gasteiger partial charge in [0.05, 0.1) is 11.6 Å². The van der Waals surface area contributed by atoms with E-state index in [2.05, 4.69) is 5.32 Å². The Labute approximate surface area is 84.9 Å². The number of amides is 1. The van der Waals surface area contributed by atoms with Crippen molar-refractivity contribution in [2.45, 2.75) is 50.7 Å². The molecule has 0 spiro atoms. The lowest BCUT2D eigenvalue weighted by Crippen LogP contribution is -2.46. The van der Waals surface area contributed by atoms with Crippen molar-refractivity contribution in [1.29, 1.82) is 0 Å². The standard InChI is InChI=1S/C10H20N2O2/c1-2-8(11)9(13)12-7-10(14)5-3-4-6-10/h8,14H,2-7,11H2,1H3,(H,12,13). The molecular formula is C10H20N2O2. The fourth-order valence-electron chi connectivity index (χ4n) is 1.78. The van der Waals surface area contributed by atoms with E-state index in [0.29, 0.717) is 13.0 Å². The molecule has 0 aromatic rings. The van der Waals surface area contributed by atoms with Crippen LogP contribution in [-0.4, -0.2) is 29.2 Å². The lowest BCUT2D eigenvalue weighted by molar-refractivity contribution is -0.123. The highest BCUT2D eigenvalue weighted by Crippen LogP contribution is 2.28. The summed E-state index contributed by atoms with van der Waals surface area (Å²) >= 11 is 0. The average molecular weight is 200 g/mol. The van der Waals surface area contributed by atoms with Crippen LogP contribution >= 0.6 is 0 Å². The Balaban J connectivity index is 2.29. The molecule has 1 fully saturated rings. The third kappa shape index (κ3) is 2.96. The molecule has 1 rings (SSSR count). The molecule has 0 heterocycles. The first kappa shape index (κ1) is 11.5. The van der Waals surface area contributed by atoms with Crippen LogP contribution in [0.1, 0.15) is 39.0 Å². The normalized spacial score (nSPS) is 21.9. The van der Waals surface area contributed by atoms with Gasteiger partial charge >= 0.3 is 0 Å². The summed E-state index contributed by atoms with van der Waals surface area (Å²) in [6.45, 7) is 2.22. The predicted molar refractivity (Wildman–Crippen MR) is 54.7 cm³/mol. The Bertz CT molecular complexity index is 200. The van der Waals surface area contributed by atoms with Crippen LogP contribution in [0.4, 0.5) is 0 Å². The molecule has 0 aromatic heterocycles. The maximum Gasteiger partial charge on any atom is 0.237 e. The van der Waals surface area contributed by atoms with Crippen LogP contribution in [0.3, 0.4) is 0 Å². The molecule has 0 radical (unpaired) electrons. The van der Waals surface area contributed by atoms with Gasteiger partial charge in [0.1, 0.15) is 0 Å². The summed E-state index contributed by atoms with van der Waals surface area (Å²) in [6.07, 6.45) is 4.30. The predicted octanol–water partition coefficient (Wildman–Crippen LogP) is 0.145. The number of hydrogen-bond acceptors (Lipinski definition) is 3. The van der Waals surface area contributed by atoms with E-state index in [1.165, 1.54) is 0 Å². The first-order valence-corrected chi connectivity index (χ1v) is 5.33. The van der Waals surface area contributed by atoms with Crippen LogP contribution < -0.4 is 11.1 Å². The number of nitrogens with two attached hydrogens (primary N) is 1. The third-order valence-electron chi connectivity index (χ3n) is 2.90. The summed E-state index contributed by atoms with van der Waals surface area (Å²) in [7, 11) is 0. The monoisotopic (exact) mass is 200 g/mol. The molecule has 1 saturated carbocycles. The topological polar surface area (TPSA) is 75.4 Å². The highest BCUT2D eigenvalue weighted by atomic mass is 16.3.